The number of nitro groups is 2. The predicted molar refractivity (Wildman–Crippen MR) is 111 cm³/mol. The number of benzene rings is 2. The second-order valence-corrected chi connectivity index (χ2v) is 7.45. The predicted octanol–water partition coefficient (Wildman–Crippen LogP) is 5.69. The van der Waals surface area contributed by atoms with E-state index in [1.807, 2.05) is 13.8 Å². The van der Waals surface area contributed by atoms with Crippen LogP contribution in [0.3, 0.4) is 0 Å². The van der Waals surface area contributed by atoms with Crippen LogP contribution in [0.1, 0.15) is 13.8 Å². The van der Waals surface area contributed by atoms with Crippen molar-refractivity contribution in [3.05, 3.63) is 71.4 Å². The minimum absolute atomic E-state index is 0.0674. The molecule has 0 aliphatic carbocycles. The maximum Gasteiger partial charge on any atom is 0.304 e. The average Bonchev–Trinajstić information content (AvgIpc) is 2.58. The fourth-order valence-corrected chi connectivity index (χ4v) is 2.61. The molecular formula is C17H18Br2FN3O5. The van der Waals surface area contributed by atoms with Crippen LogP contribution in [0.5, 0.6) is 0 Å². The van der Waals surface area contributed by atoms with Gasteiger partial charge in [-0.25, -0.2) is 0 Å². The third kappa shape index (κ3) is 8.28. The highest BCUT2D eigenvalue weighted by atomic mass is 79.9. The van der Waals surface area contributed by atoms with E-state index in [0.717, 1.165) is 16.6 Å². The van der Waals surface area contributed by atoms with Gasteiger partial charge in [0.1, 0.15) is 5.69 Å². The van der Waals surface area contributed by atoms with Crippen LogP contribution >= 0.6 is 31.9 Å². The van der Waals surface area contributed by atoms with Crippen molar-refractivity contribution in [2.24, 2.45) is 0 Å². The Morgan fingerprint density at radius 1 is 1.04 bits per heavy atom. The van der Waals surface area contributed by atoms with Gasteiger partial charge in [0, 0.05) is 27.6 Å². The standard InChI is InChI=1S/C11H15BrN2O3.C6H3BrFNO2/c1-8(2)17-6-5-13-10-7-9(12)3-4-11(10)14(15)16;7-4-1-2-6(9(10)11)5(8)3-4/h3-4,7-8,13H,5-6H2,1-2H3;1-3H. The Morgan fingerprint density at radius 2 is 1.57 bits per heavy atom. The number of hydrogen-bond donors (Lipinski definition) is 1. The first-order chi connectivity index (χ1) is 13.1. The number of rotatable bonds is 7. The molecule has 2 aromatic carbocycles. The Balaban J connectivity index is 0.000000307. The van der Waals surface area contributed by atoms with Gasteiger partial charge in [-0.3, -0.25) is 20.2 Å². The smallest absolute Gasteiger partial charge is 0.304 e. The number of hydrogen-bond acceptors (Lipinski definition) is 6. The van der Waals surface area contributed by atoms with Gasteiger partial charge in [-0.15, -0.1) is 0 Å². The maximum absolute atomic E-state index is 12.6. The van der Waals surface area contributed by atoms with E-state index in [1.54, 1.807) is 12.1 Å². The Labute approximate surface area is 177 Å². The summed E-state index contributed by atoms with van der Waals surface area (Å²) in [6.07, 6.45) is 0.161. The normalized spacial score (nSPS) is 10.2. The van der Waals surface area contributed by atoms with Crippen LogP contribution in [-0.4, -0.2) is 29.1 Å². The van der Waals surface area contributed by atoms with Crippen LogP contribution < -0.4 is 5.32 Å². The van der Waals surface area contributed by atoms with E-state index in [9.17, 15) is 24.6 Å². The van der Waals surface area contributed by atoms with Gasteiger partial charge < -0.3 is 10.1 Å². The molecule has 2 aromatic rings. The first-order valence-corrected chi connectivity index (χ1v) is 9.59. The lowest BCUT2D eigenvalue weighted by Gasteiger charge is -2.10. The zero-order chi connectivity index (χ0) is 21.3. The Kier molecular flexibility index (Phi) is 9.97. The van der Waals surface area contributed by atoms with Crippen molar-refractivity contribution in [1.82, 2.24) is 0 Å². The van der Waals surface area contributed by atoms with Crippen molar-refractivity contribution in [2.75, 3.05) is 18.5 Å². The van der Waals surface area contributed by atoms with Gasteiger partial charge in [0.25, 0.3) is 5.69 Å². The monoisotopic (exact) mass is 521 g/mol. The highest BCUT2D eigenvalue weighted by Gasteiger charge is 2.13. The second-order valence-electron chi connectivity index (χ2n) is 5.62. The molecule has 0 unspecified atom stereocenters. The molecule has 0 atom stereocenters. The van der Waals surface area contributed by atoms with E-state index >= 15 is 0 Å². The van der Waals surface area contributed by atoms with Crippen molar-refractivity contribution >= 4 is 48.9 Å². The molecule has 152 valence electrons. The van der Waals surface area contributed by atoms with E-state index in [4.69, 9.17) is 4.74 Å². The summed E-state index contributed by atoms with van der Waals surface area (Å²) in [5.41, 5.74) is 0.0580. The van der Waals surface area contributed by atoms with Crippen molar-refractivity contribution < 1.29 is 19.0 Å². The topological polar surface area (TPSA) is 108 Å². The van der Waals surface area contributed by atoms with Gasteiger partial charge in [-0.1, -0.05) is 31.9 Å². The lowest BCUT2D eigenvalue weighted by molar-refractivity contribution is -0.387. The van der Waals surface area contributed by atoms with E-state index in [1.165, 1.54) is 12.1 Å². The molecule has 0 fully saturated rings. The SMILES string of the molecule is CC(C)OCCNc1cc(Br)ccc1[N+](=O)[O-].O=[N+]([O-])c1ccc(Br)cc1F. The van der Waals surface area contributed by atoms with Gasteiger partial charge in [0.2, 0.25) is 5.82 Å². The lowest BCUT2D eigenvalue weighted by atomic mass is 10.2. The largest absolute Gasteiger partial charge is 0.377 e. The molecule has 28 heavy (non-hydrogen) atoms. The highest BCUT2D eigenvalue weighted by molar-refractivity contribution is 9.10. The van der Waals surface area contributed by atoms with Crippen molar-refractivity contribution in [2.45, 2.75) is 20.0 Å². The molecule has 0 amide bonds. The molecule has 2 rings (SSSR count). The van der Waals surface area contributed by atoms with Crippen LogP contribution in [0.4, 0.5) is 21.5 Å². The highest BCUT2D eigenvalue weighted by Crippen LogP contribution is 2.27. The first kappa shape index (κ1) is 23.9. The van der Waals surface area contributed by atoms with Crippen LogP contribution in [0.15, 0.2) is 45.3 Å². The molecule has 1 N–H and O–H groups in total. The molecule has 0 aliphatic heterocycles. The molecule has 0 spiro atoms. The van der Waals surface area contributed by atoms with Gasteiger partial charge in [-0.05, 0) is 38.1 Å². The van der Waals surface area contributed by atoms with E-state index < -0.39 is 21.4 Å². The summed E-state index contributed by atoms with van der Waals surface area (Å²) >= 11 is 6.27. The van der Waals surface area contributed by atoms with E-state index in [2.05, 4.69) is 37.2 Å². The molecular weight excluding hydrogens is 505 g/mol. The Morgan fingerprint density at radius 3 is 2.07 bits per heavy atom. The fourth-order valence-electron chi connectivity index (χ4n) is 1.92. The van der Waals surface area contributed by atoms with E-state index in [-0.39, 0.29) is 11.8 Å². The summed E-state index contributed by atoms with van der Waals surface area (Å²) < 4.78 is 19.3. The van der Waals surface area contributed by atoms with Crippen LogP contribution in [0, 0.1) is 26.0 Å². The summed E-state index contributed by atoms with van der Waals surface area (Å²) in [5, 5.41) is 23.9. The van der Waals surface area contributed by atoms with Gasteiger partial charge in [-0.2, -0.15) is 4.39 Å². The quantitative estimate of drug-likeness (QED) is 0.284. The number of nitro benzene ring substituents is 2. The third-order valence-corrected chi connectivity index (χ3v) is 4.12. The second kappa shape index (κ2) is 11.7. The molecule has 11 heteroatoms. The fraction of sp³-hybridized carbons (Fsp3) is 0.294. The molecule has 0 saturated heterocycles. The number of anilines is 1. The molecule has 0 aromatic heterocycles. The molecule has 0 aliphatic rings. The summed E-state index contributed by atoms with van der Waals surface area (Å²) in [5.74, 6) is -0.829. The van der Waals surface area contributed by atoms with Gasteiger partial charge >= 0.3 is 5.69 Å². The number of ether oxygens (including phenoxy) is 1. The zero-order valence-electron chi connectivity index (χ0n) is 15.0. The van der Waals surface area contributed by atoms with Gasteiger partial charge in [0.05, 0.1) is 22.6 Å². The number of nitrogens with one attached hydrogen (secondary N) is 1. The van der Waals surface area contributed by atoms with Gasteiger partial charge in [0.15, 0.2) is 0 Å². The number of halogens is 3. The van der Waals surface area contributed by atoms with Crippen LogP contribution in [0.2, 0.25) is 0 Å². The van der Waals surface area contributed by atoms with Crippen molar-refractivity contribution in [3.8, 4) is 0 Å². The minimum atomic E-state index is -0.829. The zero-order valence-corrected chi connectivity index (χ0v) is 18.2. The maximum atomic E-state index is 12.6. The van der Waals surface area contributed by atoms with E-state index in [0.29, 0.717) is 23.3 Å². The summed E-state index contributed by atoms with van der Waals surface area (Å²) in [6, 6.07) is 8.38. The minimum Gasteiger partial charge on any atom is -0.377 e. The molecule has 0 heterocycles. The summed E-state index contributed by atoms with van der Waals surface area (Å²) in [6.45, 7) is 4.94. The van der Waals surface area contributed by atoms with Crippen molar-refractivity contribution in [3.63, 3.8) is 0 Å². The third-order valence-electron chi connectivity index (χ3n) is 3.13. The Bertz CT molecular complexity index is 836. The first-order valence-electron chi connectivity index (χ1n) is 8.00. The molecule has 0 bridgehead atoms. The molecule has 0 saturated carbocycles. The lowest BCUT2D eigenvalue weighted by Crippen LogP contribution is -2.13. The summed E-state index contributed by atoms with van der Waals surface area (Å²) in [7, 11) is 0. The molecule has 0 radical (unpaired) electrons. The van der Waals surface area contributed by atoms with Crippen molar-refractivity contribution in [1.29, 1.82) is 0 Å². The van der Waals surface area contributed by atoms with Crippen LogP contribution in [0.25, 0.3) is 0 Å². The molecule has 8 nitrogen and oxygen atoms in total. The average molecular weight is 523 g/mol. The summed E-state index contributed by atoms with van der Waals surface area (Å²) in [4.78, 5) is 19.7. The Hall–Kier alpha value is -2.11. The number of nitrogens with zero attached hydrogens (tertiary/aromatic N) is 2. The van der Waals surface area contributed by atoms with Crippen LogP contribution in [-0.2, 0) is 4.74 Å².